The molecule has 0 saturated carbocycles. The first kappa shape index (κ1) is 13.6. The van der Waals surface area contributed by atoms with Crippen molar-refractivity contribution in [2.75, 3.05) is 0 Å². The summed E-state index contributed by atoms with van der Waals surface area (Å²) in [5.74, 6) is -0.186. The van der Waals surface area contributed by atoms with Gasteiger partial charge < -0.3 is 4.42 Å². The molecule has 1 N–H and O–H groups in total. The lowest BCUT2D eigenvalue weighted by Gasteiger charge is -2.01. The van der Waals surface area contributed by atoms with Gasteiger partial charge in [0.1, 0.15) is 0 Å². The molecule has 3 aromatic rings. The van der Waals surface area contributed by atoms with Crippen molar-refractivity contribution >= 4 is 38.8 Å². The predicted octanol–water partition coefficient (Wildman–Crippen LogP) is 3.96. The van der Waals surface area contributed by atoms with Crippen molar-refractivity contribution < 1.29 is 9.21 Å². The van der Waals surface area contributed by atoms with Crippen molar-refractivity contribution in [2.45, 2.75) is 0 Å². The molecule has 0 aliphatic rings. The molecule has 5 heteroatoms. The lowest BCUT2D eigenvalue weighted by Crippen LogP contribution is -2.16. The minimum absolute atomic E-state index is 0.206. The van der Waals surface area contributed by atoms with Crippen LogP contribution in [0.3, 0.4) is 0 Å². The van der Waals surface area contributed by atoms with Crippen LogP contribution in [0, 0.1) is 0 Å². The van der Waals surface area contributed by atoms with E-state index < -0.39 is 5.91 Å². The second-order valence-corrected chi connectivity index (χ2v) is 5.15. The normalized spacial score (nSPS) is 11.1. The van der Waals surface area contributed by atoms with Crippen LogP contribution in [0.2, 0.25) is 0 Å². The Labute approximate surface area is 129 Å². The molecule has 104 valence electrons. The van der Waals surface area contributed by atoms with Gasteiger partial charge >= 0.3 is 5.91 Å². The molecule has 3 rings (SSSR count). The van der Waals surface area contributed by atoms with Crippen molar-refractivity contribution in [1.29, 1.82) is 0 Å². The Morgan fingerprint density at radius 3 is 2.71 bits per heavy atom. The maximum Gasteiger partial charge on any atom is 0.307 e. The molecule has 0 aliphatic carbocycles. The molecule has 0 atom stereocenters. The number of amides is 1. The van der Waals surface area contributed by atoms with Crippen LogP contribution in [0.4, 0.5) is 0 Å². The second kappa shape index (κ2) is 5.93. The largest absolute Gasteiger partial charge is 0.444 e. The summed E-state index contributed by atoms with van der Waals surface area (Å²) < 4.78 is 5.65. The van der Waals surface area contributed by atoms with E-state index in [1.54, 1.807) is 18.3 Å². The maximum atomic E-state index is 11.8. The second-order valence-electron chi connectivity index (χ2n) is 4.37. The molecule has 1 aromatic heterocycles. The van der Waals surface area contributed by atoms with Crippen molar-refractivity contribution in [1.82, 2.24) is 5.43 Å². The molecule has 1 heterocycles. The Balaban J connectivity index is 1.78. The van der Waals surface area contributed by atoms with Gasteiger partial charge in [-0.2, -0.15) is 5.10 Å². The van der Waals surface area contributed by atoms with Crippen molar-refractivity contribution in [3.63, 3.8) is 0 Å². The Hall–Kier alpha value is -2.40. The van der Waals surface area contributed by atoms with Gasteiger partial charge in [0, 0.05) is 5.56 Å². The van der Waals surface area contributed by atoms with Crippen molar-refractivity contribution in [3.8, 4) is 0 Å². The van der Waals surface area contributed by atoms with Crippen LogP contribution in [0.15, 0.2) is 68.8 Å². The molecule has 21 heavy (non-hydrogen) atoms. The molecule has 0 spiro atoms. The molecule has 0 fully saturated rings. The van der Waals surface area contributed by atoms with E-state index >= 15 is 0 Å². The SMILES string of the molecule is O=C(NN=Cc1cccc2ccccc12)c1ccc(Br)o1. The van der Waals surface area contributed by atoms with Gasteiger partial charge in [0.25, 0.3) is 0 Å². The molecular weight excluding hydrogens is 332 g/mol. The average Bonchev–Trinajstić information content (AvgIpc) is 2.94. The Morgan fingerprint density at radius 1 is 1.10 bits per heavy atom. The number of fused-ring (bicyclic) bond motifs is 1. The van der Waals surface area contributed by atoms with Gasteiger partial charge in [0.05, 0.1) is 6.21 Å². The summed E-state index contributed by atoms with van der Waals surface area (Å²) in [6.45, 7) is 0. The number of rotatable bonds is 3. The van der Waals surface area contributed by atoms with Crippen LogP contribution in [0.5, 0.6) is 0 Å². The zero-order chi connectivity index (χ0) is 14.7. The first-order valence-corrected chi connectivity index (χ1v) is 7.10. The van der Waals surface area contributed by atoms with E-state index in [0.29, 0.717) is 4.67 Å². The number of furan rings is 1. The fraction of sp³-hybridized carbons (Fsp3) is 0. The van der Waals surface area contributed by atoms with E-state index in [1.807, 2.05) is 42.5 Å². The number of hydrazone groups is 1. The van der Waals surface area contributed by atoms with Gasteiger partial charge in [0.15, 0.2) is 10.4 Å². The summed E-state index contributed by atoms with van der Waals surface area (Å²) in [6.07, 6.45) is 1.62. The van der Waals surface area contributed by atoms with Crippen molar-refractivity contribution in [3.05, 3.63) is 70.6 Å². The average molecular weight is 343 g/mol. The van der Waals surface area contributed by atoms with E-state index in [2.05, 4.69) is 26.5 Å². The quantitative estimate of drug-likeness (QED) is 0.578. The van der Waals surface area contributed by atoms with Crippen LogP contribution in [0.1, 0.15) is 16.1 Å². The highest BCUT2D eigenvalue weighted by Crippen LogP contribution is 2.17. The summed E-state index contributed by atoms with van der Waals surface area (Å²) in [7, 11) is 0. The number of nitrogens with one attached hydrogen (secondary N) is 1. The number of hydrogen-bond acceptors (Lipinski definition) is 3. The van der Waals surface area contributed by atoms with E-state index in [4.69, 9.17) is 4.42 Å². The monoisotopic (exact) mass is 342 g/mol. The molecule has 1 amide bonds. The van der Waals surface area contributed by atoms with Crippen LogP contribution >= 0.6 is 15.9 Å². The number of carbonyl (C=O) groups excluding carboxylic acids is 1. The number of benzene rings is 2. The predicted molar refractivity (Wildman–Crippen MR) is 85.4 cm³/mol. The number of nitrogens with zero attached hydrogens (tertiary/aromatic N) is 1. The molecule has 0 aliphatic heterocycles. The summed E-state index contributed by atoms with van der Waals surface area (Å²) >= 11 is 3.15. The van der Waals surface area contributed by atoms with E-state index in [1.165, 1.54) is 0 Å². The van der Waals surface area contributed by atoms with Gasteiger partial charge in [0.2, 0.25) is 0 Å². The molecule has 4 nitrogen and oxygen atoms in total. The number of carbonyl (C=O) groups is 1. The van der Waals surface area contributed by atoms with Crippen LogP contribution < -0.4 is 5.43 Å². The molecule has 2 aromatic carbocycles. The molecule has 0 radical (unpaired) electrons. The minimum Gasteiger partial charge on any atom is -0.444 e. The molecule has 0 unspecified atom stereocenters. The minimum atomic E-state index is -0.391. The van der Waals surface area contributed by atoms with Gasteiger partial charge in [-0.15, -0.1) is 0 Å². The standard InChI is InChI=1S/C16H11BrN2O2/c17-15-9-8-14(21-15)16(20)19-18-10-12-6-3-5-11-4-1-2-7-13(11)12/h1-10H,(H,19,20). The van der Waals surface area contributed by atoms with Gasteiger partial charge in [-0.25, -0.2) is 5.43 Å². The van der Waals surface area contributed by atoms with Gasteiger partial charge in [-0.05, 0) is 38.8 Å². The summed E-state index contributed by atoms with van der Waals surface area (Å²) in [4.78, 5) is 11.8. The van der Waals surface area contributed by atoms with E-state index in [9.17, 15) is 4.79 Å². The third kappa shape index (κ3) is 3.03. The Kier molecular flexibility index (Phi) is 3.83. The zero-order valence-electron chi connectivity index (χ0n) is 10.9. The topological polar surface area (TPSA) is 54.6 Å². The smallest absolute Gasteiger partial charge is 0.307 e. The zero-order valence-corrected chi connectivity index (χ0v) is 12.5. The van der Waals surface area contributed by atoms with E-state index in [-0.39, 0.29) is 5.76 Å². The molecule has 0 bridgehead atoms. The summed E-state index contributed by atoms with van der Waals surface area (Å²) in [5.41, 5.74) is 3.38. The maximum absolute atomic E-state index is 11.8. The van der Waals surface area contributed by atoms with Crippen LogP contribution in [-0.4, -0.2) is 12.1 Å². The first-order chi connectivity index (χ1) is 10.2. The summed E-state index contributed by atoms with van der Waals surface area (Å²) in [6, 6.07) is 17.2. The highest BCUT2D eigenvalue weighted by Gasteiger charge is 2.08. The van der Waals surface area contributed by atoms with Gasteiger partial charge in [-0.3, -0.25) is 4.79 Å². The van der Waals surface area contributed by atoms with Crippen LogP contribution in [-0.2, 0) is 0 Å². The fourth-order valence-electron chi connectivity index (χ4n) is 2.01. The third-order valence-electron chi connectivity index (χ3n) is 2.99. The van der Waals surface area contributed by atoms with Crippen LogP contribution in [0.25, 0.3) is 10.8 Å². The Bertz CT molecular complexity index is 819. The van der Waals surface area contributed by atoms with Crippen molar-refractivity contribution in [2.24, 2.45) is 5.10 Å². The third-order valence-corrected chi connectivity index (χ3v) is 3.42. The van der Waals surface area contributed by atoms with Gasteiger partial charge in [-0.1, -0.05) is 42.5 Å². The first-order valence-electron chi connectivity index (χ1n) is 6.30. The molecule has 0 saturated heterocycles. The Morgan fingerprint density at radius 2 is 1.90 bits per heavy atom. The highest BCUT2D eigenvalue weighted by atomic mass is 79.9. The highest BCUT2D eigenvalue weighted by molar-refractivity contribution is 9.10. The molecular formula is C16H11BrN2O2. The summed E-state index contributed by atoms with van der Waals surface area (Å²) in [5, 5.41) is 6.19. The number of halogens is 1. The number of hydrogen-bond donors (Lipinski definition) is 1. The lowest BCUT2D eigenvalue weighted by molar-refractivity contribution is 0.0926. The fourth-order valence-corrected chi connectivity index (χ4v) is 2.32. The lowest BCUT2D eigenvalue weighted by atomic mass is 10.1. The van der Waals surface area contributed by atoms with E-state index in [0.717, 1.165) is 16.3 Å².